The Bertz CT molecular complexity index is 665. The molecule has 25 heavy (non-hydrogen) atoms. The molecule has 3 saturated heterocycles. The third-order valence-electron chi connectivity index (χ3n) is 5.52. The predicted molar refractivity (Wildman–Crippen MR) is 92.6 cm³/mol. The van der Waals surface area contributed by atoms with Crippen LogP contribution in [-0.2, 0) is 20.8 Å². The Morgan fingerprint density at radius 1 is 1.36 bits per heavy atom. The lowest BCUT2D eigenvalue weighted by atomic mass is 9.88. The summed E-state index contributed by atoms with van der Waals surface area (Å²) in [5, 5.41) is 11.2. The molecular weight excluding hydrogens is 318 g/mol. The van der Waals surface area contributed by atoms with Crippen molar-refractivity contribution >= 4 is 0 Å². The van der Waals surface area contributed by atoms with Crippen molar-refractivity contribution < 1.29 is 19.3 Å². The van der Waals surface area contributed by atoms with Crippen LogP contribution in [0.4, 0.5) is 0 Å². The van der Waals surface area contributed by atoms with E-state index in [0.29, 0.717) is 6.61 Å². The van der Waals surface area contributed by atoms with Gasteiger partial charge in [-0.15, -0.1) is 5.92 Å². The van der Waals surface area contributed by atoms with Crippen molar-refractivity contribution in [1.29, 1.82) is 0 Å². The van der Waals surface area contributed by atoms with E-state index in [4.69, 9.17) is 14.2 Å². The second kappa shape index (κ2) is 6.71. The van der Waals surface area contributed by atoms with Crippen molar-refractivity contribution in [3.63, 3.8) is 0 Å². The van der Waals surface area contributed by atoms with Gasteiger partial charge in [-0.2, -0.15) is 0 Å². The Morgan fingerprint density at radius 2 is 2.16 bits per heavy atom. The molecule has 0 aliphatic carbocycles. The SMILES string of the molecule is CC#C[C@H]1[C@H](OCOCc2ccccc2)[C@@](C)(O)[C@H]2[C@@H]3O[C@@H]3CCN12. The van der Waals surface area contributed by atoms with Gasteiger partial charge in [0, 0.05) is 6.54 Å². The van der Waals surface area contributed by atoms with Gasteiger partial charge in [0.05, 0.1) is 18.8 Å². The van der Waals surface area contributed by atoms with Gasteiger partial charge < -0.3 is 19.3 Å². The number of ether oxygens (including phenoxy) is 3. The first-order valence-corrected chi connectivity index (χ1v) is 8.92. The van der Waals surface area contributed by atoms with Gasteiger partial charge in [-0.05, 0) is 25.8 Å². The average Bonchev–Trinajstić information content (AvgIpc) is 3.35. The standard InChI is InChI=1S/C20H25NO4/c1-3-7-15-19(24-13-23-12-14-8-5-4-6-9-14)20(2,22)18-17-16(25-17)10-11-21(15)18/h4-6,8-9,15-19,22H,10-13H2,1-2H3/t15-,16+,17+,18+,19-,20-/m0/s1. The summed E-state index contributed by atoms with van der Waals surface area (Å²) in [6.45, 7) is 5.17. The zero-order valence-corrected chi connectivity index (χ0v) is 14.7. The zero-order valence-electron chi connectivity index (χ0n) is 14.7. The minimum atomic E-state index is -1.01. The number of hydrogen-bond donors (Lipinski definition) is 1. The Morgan fingerprint density at radius 3 is 2.92 bits per heavy atom. The smallest absolute Gasteiger partial charge is 0.147 e. The molecule has 0 aromatic heterocycles. The van der Waals surface area contributed by atoms with Crippen LogP contribution in [0.3, 0.4) is 0 Å². The number of hydrogen-bond acceptors (Lipinski definition) is 5. The molecule has 5 nitrogen and oxygen atoms in total. The van der Waals surface area contributed by atoms with Gasteiger partial charge >= 0.3 is 0 Å². The van der Waals surface area contributed by atoms with E-state index in [1.54, 1.807) is 0 Å². The number of nitrogens with zero attached hydrogens (tertiary/aromatic N) is 1. The molecule has 0 spiro atoms. The number of piperidine rings is 1. The monoisotopic (exact) mass is 343 g/mol. The van der Waals surface area contributed by atoms with Crippen LogP contribution in [0, 0.1) is 11.8 Å². The molecule has 3 fully saturated rings. The average molecular weight is 343 g/mol. The maximum atomic E-state index is 11.2. The number of fused-ring (bicyclic) bond motifs is 3. The second-order valence-corrected chi connectivity index (χ2v) is 7.21. The van der Waals surface area contributed by atoms with Crippen LogP contribution in [-0.4, -0.2) is 59.3 Å². The van der Waals surface area contributed by atoms with Crippen LogP contribution in [0.5, 0.6) is 0 Å². The summed E-state index contributed by atoms with van der Waals surface area (Å²) in [6.07, 6.45) is 0.972. The van der Waals surface area contributed by atoms with Crippen molar-refractivity contribution in [2.24, 2.45) is 0 Å². The van der Waals surface area contributed by atoms with E-state index in [2.05, 4.69) is 16.7 Å². The number of rotatable bonds is 5. The lowest BCUT2D eigenvalue weighted by Gasteiger charge is -2.33. The quantitative estimate of drug-likeness (QED) is 0.380. The molecule has 0 bridgehead atoms. The molecule has 0 radical (unpaired) electrons. The fourth-order valence-electron chi connectivity index (χ4n) is 4.33. The van der Waals surface area contributed by atoms with Gasteiger partial charge in [-0.25, -0.2) is 0 Å². The van der Waals surface area contributed by atoms with Crippen molar-refractivity contribution in [2.75, 3.05) is 13.3 Å². The van der Waals surface area contributed by atoms with Crippen LogP contribution < -0.4 is 0 Å². The molecule has 6 atom stereocenters. The maximum Gasteiger partial charge on any atom is 0.147 e. The van der Waals surface area contributed by atoms with Crippen LogP contribution in [0.1, 0.15) is 25.8 Å². The first kappa shape index (κ1) is 17.0. The van der Waals surface area contributed by atoms with Gasteiger partial charge in [-0.3, -0.25) is 4.90 Å². The molecule has 5 heteroatoms. The highest BCUT2D eigenvalue weighted by molar-refractivity contribution is 5.26. The highest BCUT2D eigenvalue weighted by Crippen LogP contribution is 2.48. The molecule has 1 N–H and O–H groups in total. The van der Waals surface area contributed by atoms with Crippen molar-refractivity contribution in [2.45, 2.75) is 62.9 Å². The van der Waals surface area contributed by atoms with Gasteiger partial charge in [0.2, 0.25) is 0 Å². The summed E-state index contributed by atoms with van der Waals surface area (Å²) in [6, 6.07) is 9.79. The van der Waals surface area contributed by atoms with Crippen molar-refractivity contribution in [3.05, 3.63) is 35.9 Å². The molecule has 0 amide bonds. The minimum Gasteiger partial charge on any atom is -0.386 e. The predicted octanol–water partition coefficient (Wildman–Crippen LogP) is 1.54. The first-order valence-electron chi connectivity index (χ1n) is 8.92. The van der Waals surface area contributed by atoms with E-state index in [1.165, 1.54) is 0 Å². The molecule has 0 unspecified atom stereocenters. The van der Waals surface area contributed by atoms with Gasteiger partial charge in [0.15, 0.2) is 0 Å². The van der Waals surface area contributed by atoms with Gasteiger partial charge in [0.1, 0.15) is 30.6 Å². The number of aliphatic hydroxyl groups is 1. The van der Waals surface area contributed by atoms with Gasteiger partial charge in [-0.1, -0.05) is 36.3 Å². The third kappa shape index (κ3) is 3.10. The Balaban J connectivity index is 1.42. The number of epoxide rings is 1. The summed E-state index contributed by atoms with van der Waals surface area (Å²) < 4.78 is 17.4. The molecular formula is C20H25NO4. The highest BCUT2D eigenvalue weighted by atomic mass is 16.7. The van der Waals surface area contributed by atoms with E-state index >= 15 is 0 Å². The minimum absolute atomic E-state index is 0.0591. The van der Waals surface area contributed by atoms with Crippen LogP contribution in [0.25, 0.3) is 0 Å². The lowest BCUT2D eigenvalue weighted by molar-refractivity contribution is -0.152. The Kier molecular flexibility index (Phi) is 4.57. The first-order chi connectivity index (χ1) is 12.1. The molecule has 3 heterocycles. The van der Waals surface area contributed by atoms with E-state index in [1.807, 2.05) is 44.2 Å². The van der Waals surface area contributed by atoms with Crippen LogP contribution in [0.15, 0.2) is 30.3 Å². The Labute approximate surface area is 148 Å². The molecule has 134 valence electrons. The van der Waals surface area contributed by atoms with Crippen molar-refractivity contribution in [1.82, 2.24) is 4.90 Å². The molecule has 3 aliphatic heterocycles. The number of benzene rings is 1. The van der Waals surface area contributed by atoms with Crippen LogP contribution in [0.2, 0.25) is 0 Å². The van der Waals surface area contributed by atoms with E-state index in [-0.39, 0.29) is 31.1 Å². The summed E-state index contributed by atoms with van der Waals surface area (Å²) >= 11 is 0. The fourth-order valence-corrected chi connectivity index (χ4v) is 4.33. The maximum absolute atomic E-state index is 11.2. The molecule has 0 saturated carbocycles. The normalized spacial score (nSPS) is 39.2. The summed E-state index contributed by atoms with van der Waals surface area (Å²) in [7, 11) is 0. The van der Waals surface area contributed by atoms with Crippen molar-refractivity contribution in [3.8, 4) is 11.8 Å². The lowest BCUT2D eigenvalue weighted by Crippen LogP contribution is -2.52. The largest absolute Gasteiger partial charge is 0.386 e. The molecule has 4 rings (SSSR count). The summed E-state index contributed by atoms with van der Waals surface area (Å²) in [5.41, 5.74) is 0.0885. The molecule has 1 aromatic carbocycles. The third-order valence-corrected chi connectivity index (χ3v) is 5.52. The Hall–Kier alpha value is -1.42. The van der Waals surface area contributed by atoms with E-state index < -0.39 is 11.7 Å². The fraction of sp³-hybridized carbons (Fsp3) is 0.600. The highest BCUT2D eigenvalue weighted by Gasteiger charge is 2.66. The topological polar surface area (TPSA) is 54.5 Å². The summed E-state index contributed by atoms with van der Waals surface area (Å²) in [4.78, 5) is 2.26. The van der Waals surface area contributed by atoms with E-state index in [9.17, 15) is 5.11 Å². The zero-order chi connectivity index (χ0) is 17.4. The molecule has 1 aromatic rings. The van der Waals surface area contributed by atoms with Gasteiger partial charge in [0.25, 0.3) is 0 Å². The van der Waals surface area contributed by atoms with Crippen LogP contribution >= 0.6 is 0 Å². The second-order valence-electron chi connectivity index (χ2n) is 7.21. The van der Waals surface area contributed by atoms with E-state index in [0.717, 1.165) is 18.5 Å². The molecule has 3 aliphatic rings. The summed E-state index contributed by atoms with van der Waals surface area (Å²) in [5.74, 6) is 6.22.